The predicted molar refractivity (Wildman–Crippen MR) is 45.2 cm³/mol. The number of hydrogen-bond donors (Lipinski definition) is 2. The third kappa shape index (κ3) is 2.66. The summed E-state index contributed by atoms with van der Waals surface area (Å²) in [5, 5.41) is 18.7. The second-order valence-corrected chi connectivity index (χ2v) is 9.94. The minimum atomic E-state index is -2.26. The second-order valence-electron chi connectivity index (χ2n) is 3.26. The zero-order valence-electron chi connectivity index (χ0n) is 7.88. The Hall–Kier alpha value is 0.758. The van der Waals surface area contributed by atoms with Gasteiger partial charge in [-0.1, -0.05) is 0 Å². The van der Waals surface area contributed by atoms with Gasteiger partial charge >= 0.3 is 92.8 Å². The van der Waals surface area contributed by atoms with E-state index in [4.69, 9.17) is 9.26 Å². The van der Waals surface area contributed by atoms with E-state index < -0.39 is 29.9 Å². The summed E-state index contributed by atoms with van der Waals surface area (Å²) in [5.74, 6) is -2.88. The zero-order valence-corrected chi connectivity index (χ0v) is 11.7. The third-order valence-electron chi connectivity index (χ3n) is 2.07. The first kappa shape index (κ1) is 12.8. The van der Waals surface area contributed by atoms with Crippen LogP contribution in [0.3, 0.4) is 0 Å². The standard InChI is InChI=1S/C7H13FO4P.W/c1-4-5(9)6(10)7(8,12-4)3-11-13-2;/h4-6,9-10H,3H2,1-2H3;/q-1;+2/t4-,5-,6-,7+;/m0./s1. The van der Waals surface area contributed by atoms with Crippen molar-refractivity contribution in [3.63, 3.8) is 0 Å². The van der Waals surface area contributed by atoms with Gasteiger partial charge in [0.1, 0.15) is 0 Å². The van der Waals surface area contributed by atoms with Crippen molar-refractivity contribution in [1.29, 1.82) is 0 Å². The fourth-order valence-corrected chi connectivity index (χ4v) is 2.18. The van der Waals surface area contributed by atoms with Crippen LogP contribution in [0.5, 0.6) is 0 Å². The molecule has 0 amide bonds. The van der Waals surface area contributed by atoms with E-state index in [-0.39, 0.29) is 6.61 Å². The average Bonchev–Trinajstić information content (AvgIpc) is 2.28. The van der Waals surface area contributed by atoms with Crippen LogP contribution in [0.2, 0.25) is 0 Å². The van der Waals surface area contributed by atoms with E-state index in [2.05, 4.69) is 0 Å². The molecule has 82 valence electrons. The second kappa shape index (κ2) is 4.73. The van der Waals surface area contributed by atoms with Gasteiger partial charge in [-0.15, -0.1) is 0 Å². The molecule has 0 aromatic heterocycles. The Morgan fingerprint density at radius 3 is 2.57 bits per heavy atom. The van der Waals surface area contributed by atoms with E-state index in [0.717, 1.165) is 0 Å². The van der Waals surface area contributed by atoms with Crippen LogP contribution in [0.1, 0.15) is 6.92 Å². The van der Waals surface area contributed by atoms with Gasteiger partial charge in [0.05, 0.1) is 0 Å². The van der Waals surface area contributed by atoms with E-state index in [1.807, 2.05) is 6.66 Å². The molecule has 1 unspecified atom stereocenters. The molecular formula is C7H13FO4PW+. The third-order valence-corrected chi connectivity index (χ3v) is 3.70. The van der Waals surface area contributed by atoms with E-state index in [1.165, 1.54) is 25.7 Å². The fourth-order valence-electron chi connectivity index (χ4n) is 1.26. The molecule has 1 heterocycles. The van der Waals surface area contributed by atoms with Gasteiger partial charge in [0.2, 0.25) is 0 Å². The first-order valence-electron chi connectivity index (χ1n) is 4.13. The molecule has 5 atom stereocenters. The van der Waals surface area contributed by atoms with Gasteiger partial charge in [-0.2, -0.15) is 0 Å². The molecule has 0 spiro atoms. The molecule has 0 aromatic carbocycles. The van der Waals surface area contributed by atoms with Crippen LogP contribution in [0.4, 0.5) is 4.39 Å². The van der Waals surface area contributed by atoms with Crippen LogP contribution in [-0.2, 0) is 28.1 Å². The Labute approximate surface area is 93.0 Å². The summed E-state index contributed by atoms with van der Waals surface area (Å²) in [7, 11) is 0. The summed E-state index contributed by atoms with van der Waals surface area (Å²) in [4.78, 5) is 0. The molecule has 1 rings (SSSR count). The Morgan fingerprint density at radius 1 is 1.64 bits per heavy atom. The Bertz CT molecular complexity index is 242. The van der Waals surface area contributed by atoms with E-state index in [9.17, 15) is 14.6 Å². The number of aliphatic hydroxyl groups is 2. The Balaban J connectivity index is 2.61. The monoisotopic (exact) mass is 395 g/mol. The van der Waals surface area contributed by atoms with Crippen LogP contribution in [0.15, 0.2) is 0 Å². The van der Waals surface area contributed by atoms with E-state index in [0.29, 0.717) is 0 Å². The molecule has 0 radical (unpaired) electrons. The van der Waals surface area contributed by atoms with Gasteiger partial charge in [0.15, 0.2) is 0 Å². The van der Waals surface area contributed by atoms with Crippen LogP contribution in [0, 0.1) is 0 Å². The van der Waals surface area contributed by atoms with Gasteiger partial charge in [-0.05, 0) is 0 Å². The summed E-state index contributed by atoms with van der Waals surface area (Å²) >= 11 is 1.24. The normalized spacial score (nSPS) is 44.1. The van der Waals surface area contributed by atoms with Crippen molar-refractivity contribution in [2.75, 3.05) is 13.3 Å². The average molecular weight is 395 g/mol. The molecule has 0 aliphatic carbocycles. The van der Waals surface area contributed by atoms with Gasteiger partial charge in [0, 0.05) is 0 Å². The van der Waals surface area contributed by atoms with Crippen molar-refractivity contribution >= 4 is 5.78 Å². The summed E-state index contributed by atoms with van der Waals surface area (Å²) in [6, 6.07) is 0. The topological polar surface area (TPSA) is 58.9 Å². The molecule has 0 bridgehead atoms. The van der Waals surface area contributed by atoms with Crippen molar-refractivity contribution < 1.29 is 42.7 Å². The maximum atomic E-state index is 13.8. The van der Waals surface area contributed by atoms with E-state index >= 15 is 0 Å². The molecule has 4 nitrogen and oxygen atoms in total. The van der Waals surface area contributed by atoms with Crippen LogP contribution >= 0.6 is 5.78 Å². The van der Waals surface area contributed by atoms with Crippen molar-refractivity contribution in [2.24, 2.45) is 0 Å². The van der Waals surface area contributed by atoms with Crippen LogP contribution in [0.25, 0.3) is 0 Å². The Morgan fingerprint density at radius 2 is 2.21 bits per heavy atom. The fraction of sp³-hybridized carbons (Fsp3) is 1.00. The van der Waals surface area contributed by atoms with Gasteiger partial charge in [-0.25, -0.2) is 0 Å². The molecule has 1 saturated heterocycles. The predicted octanol–water partition coefficient (Wildman–Crippen LogP) is 0.298. The van der Waals surface area contributed by atoms with Crippen LogP contribution < -0.4 is 0 Å². The van der Waals surface area contributed by atoms with Crippen molar-refractivity contribution in [1.82, 2.24) is 0 Å². The quantitative estimate of drug-likeness (QED) is 0.676. The molecule has 1 fully saturated rings. The molecule has 0 aromatic rings. The molecule has 14 heavy (non-hydrogen) atoms. The van der Waals surface area contributed by atoms with E-state index in [1.54, 1.807) is 0 Å². The summed E-state index contributed by atoms with van der Waals surface area (Å²) in [6.45, 7) is 3.05. The zero-order chi connectivity index (χ0) is 10.9. The molecule has 7 heteroatoms. The number of aliphatic hydroxyl groups excluding tert-OH is 2. The van der Waals surface area contributed by atoms with Gasteiger partial charge < -0.3 is 0 Å². The SMILES string of the molecule is C[C@@H]1O[C@](F)(CO[P+](C)=[W])[C@@H](O)[C@H]1O. The molecular weight excluding hydrogens is 382 g/mol. The molecule has 1 aliphatic rings. The van der Waals surface area contributed by atoms with Gasteiger partial charge in [-0.3, -0.25) is 0 Å². The summed E-state index contributed by atoms with van der Waals surface area (Å²) in [5.41, 5.74) is 0. The number of rotatable bonds is 3. The summed E-state index contributed by atoms with van der Waals surface area (Å²) in [6.07, 6.45) is -3.41. The van der Waals surface area contributed by atoms with Crippen molar-refractivity contribution in [3.05, 3.63) is 0 Å². The molecule has 0 saturated carbocycles. The molecule has 2 N–H and O–H groups in total. The Kier molecular flexibility index (Phi) is 4.33. The number of halogens is 1. The van der Waals surface area contributed by atoms with Crippen LogP contribution in [-0.4, -0.2) is 47.7 Å². The number of hydrogen-bond acceptors (Lipinski definition) is 4. The van der Waals surface area contributed by atoms with Crippen molar-refractivity contribution in [3.8, 4) is 0 Å². The number of alkyl halides is 1. The molecule has 1 aliphatic heterocycles. The summed E-state index contributed by atoms with van der Waals surface area (Å²) < 4.78 is 23.8. The minimum absolute atomic E-state index is 0.318. The number of ether oxygens (including phenoxy) is 1. The van der Waals surface area contributed by atoms with Gasteiger partial charge in [0.25, 0.3) is 0 Å². The first-order chi connectivity index (χ1) is 6.37. The maximum absolute atomic E-state index is 13.8. The van der Waals surface area contributed by atoms with Crippen molar-refractivity contribution in [2.45, 2.75) is 31.1 Å². The first-order valence-corrected chi connectivity index (χ1v) is 9.69.